The molecule has 0 radical (unpaired) electrons. The number of amides is 3. The van der Waals surface area contributed by atoms with Crippen molar-refractivity contribution in [1.82, 2.24) is 44.7 Å². The molecule has 3 amide bonds. The summed E-state index contributed by atoms with van der Waals surface area (Å²) in [4.78, 5) is 70.7. The van der Waals surface area contributed by atoms with Gasteiger partial charge in [-0.2, -0.15) is 4.98 Å². The van der Waals surface area contributed by atoms with Crippen LogP contribution in [0.15, 0.2) is 72.2 Å². The predicted octanol–water partition coefficient (Wildman–Crippen LogP) is 3.71. The van der Waals surface area contributed by atoms with Crippen LogP contribution in [-0.2, 0) is 34.7 Å². The van der Waals surface area contributed by atoms with Crippen LogP contribution in [0.3, 0.4) is 0 Å². The van der Waals surface area contributed by atoms with Crippen LogP contribution in [0.2, 0.25) is 0 Å². The Labute approximate surface area is 374 Å². The lowest BCUT2D eigenvalue weighted by Gasteiger charge is -2.48. The Morgan fingerprint density at radius 1 is 0.969 bits per heavy atom. The van der Waals surface area contributed by atoms with E-state index in [0.29, 0.717) is 77.8 Å². The van der Waals surface area contributed by atoms with Gasteiger partial charge >= 0.3 is 0 Å². The van der Waals surface area contributed by atoms with Crippen molar-refractivity contribution in [3.8, 4) is 5.82 Å². The summed E-state index contributed by atoms with van der Waals surface area (Å²) in [6.07, 6.45) is 7.58. The van der Waals surface area contributed by atoms with E-state index in [1.165, 1.54) is 21.8 Å². The molecule has 18 heteroatoms. The van der Waals surface area contributed by atoms with Gasteiger partial charge in [-0.15, -0.1) is 6.58 Å². The molecule has 65 heavy (non-hydrogen) atoms. The molecule has 338 valence electrons. The van der Waals surface area contributed by atoms with Crippen molar-refractivity contribution in [2.45, 2.75) is 88.7 Å². The minimum absolute atomic E-state index is 0.174. The summed E-state index contributed by atoms with van der Waals surface area (Å²) in [6, 6.07) is 14.8. The van der Waals surface area contributed by atoms with Crippen molar-refractivity contribution in [2.75, 3.05) is 54.8 Å². The van der Waals surface area contributed by atoms with E-state index in [0.717, 1.165) is 62.4 Å². The Morgan fingerprint density at radius 2 is 1.75 bits per heavy atom. The molecule has 5 aromatic rings. The molecule has 3 aromatic heterocycles. The number of anilines is 4. The fraction of sp³-hybridized carbons (Fsp3) is 0.426. The van der Waals surface area contributed by atoms with Crippen molar-refractivity contribution in [3.63, 3.8) is 0 Å². The predicted molar refractivity (Wildman–Crippen MR) is 243 cm³/mol. The van der Waals surface area contributed by atoms with Gasteiger partial charge in [0.05, 0.1) is 17.9 Å². The van der Waals surface area contributed by atoms with Crippen molar-refractivity contribution in [1.29, 1.82) is 0 Å². The number of halogens is 1. The summed E-state index contributed by atoms with van der Waals surface area (Å²) in [7, 11) is 0. The van der Waals surface area contributed by atoms with Crippen LogP contribution in [0.1, 0.15) is 72.6 Å². The number of aryl methyl sites for hydroxylation is 1. The number of nitrogens with zero attached hydrogens (tertiary/aromatic N) is 8. The Hall–Kier alpha value is -6.50. The molecule has 0 bridgehead atoms. The van der Waals surface area contributed by atoms with Crippen molar-refractivity contribution in [2.24, 2.45) is 0 Å². The Morgan fingerprint density at radius 3 is 2.51 bits per heavy atom. The van der Waals surface area contributed by atoms with Crippen molar-refractivity contribution >= 4 is 51.8 Å². The van der Waals surface area contributed by atoms with Crippen LogP contribution in [0, 0.1) is 5.82 Å². The first-order chi connectivity index (χ1) is 31.5. The zero-order valence-corrected chi connectivity index (χ0v) is 36.4. The molecule has 10 rings (SSSR count). The fourth-order valence-electron chi connectivity index (χ4n) is 10.1. The summed E-state index contributed by atoms with van der Waals surface area (Å²) >= 11 is 0. The largest absolute Gasteiger partial charge is 0.384 e. The van der Waals surface area contributed by atoms with Gasteiger partial charge in [0.1, 0.15) is 22.8 Å². The lowest BCUT2D eigenvalue weighted by molar-refractivity contribution is -0.136. The van der Waals surface area contributed by atoms with Gasteiger partial charge in [-0.3, -0.25) is 29.4 Å². The number of likely N-dealkylation sites (tertiary alicyclic amines) is 1. The number of aromatic nitrogens is 5. The van der Waals surface area contributed by atoms with Gasteiger partial charge in [0.2, 0.25) is 17.8 Å². The number of fused-ring (bicyclic) bond motifs is 3. The summed E-state index contributed by atoms with van der Waals surface area (Å²) in [5.41, 5.74) is 4.03. The van der Waals surface area contributed by atoms with Gasteiger partial charge in [0.15, 0.2) is 11.5 Å². The number of imide groups is 1. The van der Waals surface area contributed by atoms with E-state index in [2.05, 4.69) is 37.7 Å². The van der Waals surface area contributed by atoms with Crippen molar-refractivity contribution < 1.29 is 23.9 Å². The van der Waals surface area contributed by atoms with E-state index in [-0.39, 0.29) is 48.9 Å². The van der Waals surface area contributed by atoms with Crippen LogP contribution in [0.5, 0.6) is 0 Å². The molecule has 17 nitrogen and oxygen atoms in total. The van der Waals surface area contributed by atoms with Gasteiger partial charge in [-0.05, 0) is 92.1 Å². The first kappa shape index (κ1) is 42.5. The van der Waals surface area contributed by atoms with E-state index < -0.39 is 23.4 Å². The highest BCUT2D eigenvalue weighted by atomic mass is 19.1. The van der Waals surface area contributed by atoms with Crippen molar-refractivity contribution in [3.05, 3.63) is 106 Å². The Kier molecular flexibility index (Phi) is 11.2. The molecule has 0 saturated carbocycles. The molecule has 1 aliphatic carbocycles. The summed E-state index contributed by atoms with van der Waals surface area (Å²) in [6.45, 7) is 11.2. The first-order valence-electron chi connectivity index (χ1n) is 22.6. The smallest absolute Gasteiger partial charge is 0.278 e. The molecule has 2 aromatic carbocycles. The standard InChI is InChI=1S/C47H53FN12O5/c1-3-19-59-45(64)35-24-51-46(55-42(35)60(59)39-11-5-28-13-16-47(65,4-2)41(28)53-39)52-32-8-6-30(7-9-32)49-17-18-50-31-14-20-56(21-15-31)33-26-57(27-33)38-22-29-25-58(44(63)34(29)23-36(38)48)37-10-12-40(61)54-43(37)62/h3,5-9,11,22-24,31,33,37,49-50,65H,1,4,10,12-21,25-27H2,2H3,(H,51,52,55)(H,54,61,62)/t37?,47-/m1/s1. The van der Waals surface area contributed by atoms with Gasteiger partial charge in [-0.1, -0.05) is 19.1 Å². The van der Waals surface area contributed by atoms with Crippen LogP contribution < -0.4 is 31.7 Å². The Bertz CT molecular complexity index is 2760. The van der Waals surface area contributed by atoms with E-state index in [4.69, 9.17) is 9.97 Å². The highest BCUT2D eigenvalue weighted by molar-refractivity contribution is 6.05. The average Bonchev–Trinajstić information content (AvgIpc) is 3.89. The third-order valence-corrected chi connectivity index (χ3v) is 13.9. The highest BCUT2D eigenvalue weighted by Crippen LogP contribution is 2.39. The Balaban J connectivity index is 0.685. The minimum atomic E-state index is -1.00. The SMILES string of the molecule is C=CCn1c(=O)c2cnc(Nc3ccc(NCCNC4CCN(C5CN(c6cc7c(cc6F)C(=O)N(C6CCC(=O)NC6=O)C7)C5)CC4)cc3)nc2n1-c1ccc2c(n1)[C@@](O)(CC)CC2. The maximum Gasteiger partial charge on any atom is 0.278 e. The number of pyridine rings is 1. The number of carbonyl (C=O) groups excluding carboxylic acids is 3. The number of nitrogens with one attached hydrogen (secondary N) is 4. The second-order valence-electron chi connectivity index (χ2n) is 17.8. The molecular weight excluding hydrogens is 832 g/mol. The second-order valence-corrected chi connectivity index (χ2v) is 17.8. The molecule has 2 atom stereocenters. The van der Waals surface area contributed by atoms with Gasteiger partial charge in [-0.25, -0.2) is 23.7 Å². The number of carbonyl (C=O) groups is 3. The molecule has 4 aliphatic heterocycles. The minimum Gasteiger partial charge on any atom is -0.384 e. The number of hydrogen-bond acceptors (Lipinski definition) is 13. The molecule has 1 unspecified atom stereocenters. The number of piperidine rings is 2. The average molecular weight is 885 g/mol. The maximum atomic E-state index is 15.4. The van der Waals surface area contributed by atoms with Gasteiger partial charge in [0, 0.05) is 87.5 Å². The molecular formula is C47H53FN12O5. The van der Waals surface area contributed by atoms with Crippen LogP contribution in [0.25, 0.3) is 16.9 Å². The van der Waals surface area contributed by atoms with Crippen LogP contribution >= 0.6 is 0 Å². The molecule has 3 saturated heterocycles. The first-order valence-corrected chi connectivity index (χ1v) is 22.6. The number of allylic oxidation sites excluding steroid dienone is 1. The number of benzene rings is 2. The molecule has 0 spiro atoms. The number of aliphatic hydroxyl groups is 1. The summed E-state index contributed by atoms with van der Waals surface area (Å²) < 4.78 is 18.6. The van der Waals surface area contributed by atoms with Gasteiger partial charge < -0.3 is 30.9 Å². The maximum absolute atomic E-state index is 15.4. The molecule has 3 fully saturated rings. The van der Waals surface area contributed by atoms with E-state index in [1.807, 2.05) is 48.2 Å². The summed E-state index contributed by atoms with van der Waals surface area (Å²) in [5, 5.41) is 24.4. The zero-order chi connectivity index (χ0) is 45.0. The summed E-state index contributed by atoms with van der Waals surface area (Å²) in [5.74, 6) is -0.807. The molecule has 5 N–H and O–H groups in total. The second kappa shape index (κ2) is 17.1. The monoisotopic (exact) mass is 884 g/mol. The molecule has 7 heterocycles. The van der Waals surface area contributed by atoms with E-state index in [1.54, 1.807) is 16.8 Å². The lowest BCUT2D eigenvalue weighted by Crippen LogP contribution is -2.62. The number of hydrogen-bond donors (Lipinski definition) is 5. The van der Waals surface area contributed by atoms with Gasteiger partial charge in [0.25, 0.3) is 11.5 Å². The van der Waals surface area contributed by atoms with E-state index >= 15 is 4.39 Å². The topological polar surface area (TPSA) is 195 Å². The highest BCUT2D eigenvalue weighted by Gasteiger charge is 2.42. The van der Waals surface area contributed by atoms with Crippen LogP contribution in [-0.4, -0.2) is 114 Å². The number of rotatable bonds is 14. The third kappa shape index (κ3) is 7.92. The normalized spacial score (nSPS) is 21.4. The lowest BCUT2D eigenvalue weighted by atomic mass is 9.98. The fourth-order valence-corrected chi connectivity index (χ4v) is 10.1. The quantitative estimate of drug-likeness (QED) is 0.0617. The third-order valence-electron chi connectivity index (χ3n) is 13.9. The van der Waals surface area contributed by atoms with Crippen LogP contribution in [0.4, 0.5) is 27.4 Å². The van der Waals surface area contributed by atoms with E-state index in [9.17, 15) is 24.3 Å². The zero-order valence-electron chi connectivity index (χ0n) is 36.4. The molecule has 5 aliphatic rings.